The van der Waals surface area contributed by atoms with Gasteiger partial charge in [-0.05, 0) is 59.4 Å². The van der Waals surface area contributed by atoms with Gasteiger partial charge in [0.25, 0.3) is 0 Å². The van der Waals surface area contributed by atoms with Gasteiger partial charge in [0.1, 0.15) is 0 Å². The first-order valence-corrected chi connectivity index (χ1v) is 24.1. The molecule has 0 nitrogen and oxygen atoms in total. The van der Waals surface area contributed by atoms with Gasteiger partial charge in [-0.3, -0.25) is 0 Å². The molecule has 8 aromatic carbocycles. The molecular weight excluding hydrogens is 739 g/mol. The first-order chi connectivity index (χ1) is 24.8. The molecule has 0 aliphatic heterocycles. The van der Waals surface area contributed by atoms with E-state index in [1.165, 1.54) is 98.7 Å². The molecule has 8 aromatic rings. The molecule has 0 amide bonds. The van der Waals surface area contributed by atoms with E-state index in [1.54, 1.807) is 6.92 Å². The molecule has 260 valence electrons. The molecule has 0 aliphatic carbocycles. The Morgan fingerprint density at radius 2 is 0.843 bits per heavy atom. The molecular formula is C48H47Cl2Zr-3. The minimum atomic E-state index is -0.826. The predicted molar refractivity (Wildman–Crippen MR) is 225 cm³/mol. The van der Waals surface area contributed by atoms with E-state index >= 15 is 0 Å². The van der Waals surface area contributed by atoms with Gasteiger partial charge in [-0.2, -0.15) is 19.1 Å². The summed E-state index contributed by atoms with van der Waals surface area (Å²) in [5, 5.41) is 10.9. The molecule has 0 fully saturated rings. The van der Waals surface area contributed by atoms with Crippen molar-refractivity contribution in [3.8, 4) is 22.3 Å². The molecule has 0 saturated carbocycles. The van der Waals surface area contributed by atoms with Crippen LogP contribution in [-0.4, -0.2) is 0 Å². The van der Waals surface area contributed by atoms with Crippen LogP contribution in [0.4, 0.5) is 0 Å². The summed E-state index contributed by atoms with van der Waals surface area (Å²) < 4.78 is 0. The molecule has 0 saturated heterocycles. The van der Waals surface area contributed by atoms with E-state index in [4.69, 9.17) is 17.0 Å². The van der Waals surface area contributed by atoms with Crippen LogP contribution >= 0.6 is 17.0 Å². The maximum absolute atomic E-state index is 4.93. The van der Waals surface area contributed by atoms with Crippen LogP contribution in [0.3, 0.4) is 0 Å². The van der Waals surface area contributed by atoms with Crippen LogP contribution in [0.1, 0.15) is 54.2 Å². The van der Waals surface area contributed by atoms with Crippen LogP contribution in [0.2, 0.25) is 0 Å². The third-order valence-electron chi connectivity index (χ3n) is 10.2. The van der Waals surface area contributed by atoms with Gasteiger partial charge in [0.2, 0.25) is 0 Å². The topological polar surface area (TPSA) is 0 Å². The molecule has 0 aromatic heterocycles. The average Bonchev–Trinajstić information content (AvgIpc) is 3.82. The van der Waals surface area contributed by atoms with Crippen molar-refractivity contribution in [3.05, 3.63) is 162 Å². The van der Waals surface area contributed by atoms with E-state index in [0.717, 1.165) is 12.8 Å². The van der Waals surface area contributed by atoms with Crippen molar-refractivity contribution in [1.82, 2.24) is 0 Å². The Balaban J connectivity index is 0.000000176. The number of hydrogen-bond acceptors (Lipinski definition) is 0. The molecule has 0 bridgehead atoms. The van der Waals surface area contributed by atoms with Gasteiger partial charge in [0.05, 0.1) is 0 Å². The van der Waals surface area contributed by atoms with Gasteiger partial charge in [-0.1, -0.05) is 147 Å². The zero-order chi connectivity index (χ0) is 36.7. The van der Waals surface area contributed by atoms with Crippen molar-refractivity contribution < 1.29 is 20.8 Å². The first kappa shape index (κ1) is 38.7. The second-order valence-electron chi connectivity index (χ2n) is 12.9. The third kappa shape index (κ3) is 8.13. The van der Waals surface area contributed by atoms with Crippen LogP contribution in [-0.2, 0) is 33.7 Å². The van der Waals surface area contributed by atoms with Crippen LogP contribution in [0.5, 0.6) is 0 Å². The average molecular weight is 786 g/mol. The summed E-state index contributed by atoms with van der Waals surface area (Å²) in [6.45, 7) is 18.4. The third-order valence-corrected chi connectivity index (χ3v) is 10.2. The van der Waals surface area contributed by atoms with Crippen molar-refractivity contribution in [2.75, 3.05) is 0 Å². The fourth-order valence-electron chi connectivity index (χ4n) is 7.21. The summed E-state index contributed by atoms with van der Waals surface area (Å²) >= 11 is -0.826. The van der Waals surface area contributed by atoms with Crippen LogP contribution in [0.15, 0.2) is 121 Å². The Hall–Kier alpha value is -3.48. The van der Waals surface area contributed by atoms with Crippen molar-refractivity contribution in [3.63, 3.8) is 0 Å². The van der Waals surface area contributed by atoms with Crippen molar-refractivity contribution >= 4 is 60.1 Å². The van der Waals surface area contributed by atoms with Crippen LogP contribution in [0.25, 0.3) is 65.3 Å². The number of hydrogen-bond donors (Lipinski definition) is 0. The maximum atomic E-state index is 4.93. The quantitative estimate of drug-likeness (QED) is 0.156. The number of rotatable bonds is 4. The van der Waals surface area contributed by atoms with Crippen molar-refractivity contribution in [1.29, 1.82) is 0 Å². The fourth-order valence-corrected chi connectivity index (χ4v) is 7.21. The van der Waals surface area contributed by atoms with Gasteiger partial charge in [0, 0.05) is 0 Å². The summed E-state index contributed by atoms with van der Waals surface area (Å²) in [5.74, 6) is 0. The van der Waals surface area contributed by atoms with E-state index in [2.05, 4.69) is 170 Å². The number of aryl methyl sites for hydroxylation is 6. The molecule has 3 heteroatoms. The summed E-state index contributed by atoms with van der Waals surface area (Å²) in [4.78, 5) is 0. The van der Waals surface area contributed by atoms with Gasteiger partial charge in [-0.15, -0.1) is 55.9 Å². The zero-order valence-electron chi connectivity index (χ0n) is 30.9. The second-order valence-corrected chi connectivity index (χ2v) is 16.7. The van der Waals surface area contributed by atoms with Gasteiger partial charge in [-0.25, -0.2) is 0 Å². The summed E-state index contributed by atoms with van der Waals surface area (Å²) in [6.07, 6.45) is 2.17. The Kier molecular flexibility index (Phi) is 13.6. The van der Waals surface area contributed by atoms with E-state index < -0.39 is 20.8 Å². The zero-order valence-corrected chi connectivity index (χ0v) is 34.9. The molecule has 8 rings (SSSR count). The molecule has 0 unspecified atom stereocenters. The monoisotopic (exact) mass is 783 g/mol. The second kappa shape index (κ2) is 17.8. The van der Waals surface area contributed by atoms with Crippen molar-refractivity contribution in [2.24, 2.45) is 0 Å². The normalized spacial score (nSPS) is 10.7. The fraction of sp³-hybridized carbons (Fsp3) is 0.188. The van der Waals surface area contributed by atoms with Gasteiger partial charge in [0.15, 0.2) is 0 Å². The van der Waals surface area contributed by atoms with E-state index in [0.29, 0.717) is 0 Å². The molecule has 0 aliphatic rings. The van der Waals surface area contributed by atoms with Crippen LogP contribution in [0, 0.1) is 34.6 Å². The molecule has 0 atom stereocenters. The van der Waals surface area contributed by atoms with Gasteiger partial charge >= 0.3 is 37.9 Å². The predicted octanol–water partition coefficient (Wildman–Crippen LogP) is 15.3. The molecule has 51 heavy (non-hydrogen) atoms. The summed E-state index contributed by atoms with van der Waals surface area (Å²) in [7, 11) is 9.87. The Morgan fingerprint density at radius 3 is 1.22 bits per heavy atom. The summed E-state index contributed by atoms with van der Waals surface area (Å²) in [6, 6.07) is 44.8. The Morgan fingerprint density at radius 1 is 0.490 bits per heavy atom. The SMILES string of the molecule is CCc1cc2c(-c3cccc4ccccc34)cc(C)c(C)c2[cH-]1.CCc1cc2c(-c3cccc4ccccc34)cc(C)c(C)c2[cH-]1.[CH2-]C.[Cl][Zr][Cl]. The number of halogens is 2. The Bertz CT molecular complexity index is 2230. The number of fused-ring (bicyclic) bond motifs is 4. The van der Waals surface area contributed by atoms with E-state index in [9.17, 15) is 0 Å². The Labute approximate surface area is 323 Å². The molecule has 0 heterocycles. The minimum absolute atomic E-state index is 0.826. The summed E-state index contributed by atoms with van der Waals surface area (Å²) in [5.41, 5.74) is 13.8. The molecule has 0 spiro atoms. The number of benzene rings is 6. The van der Waals surface area contributed by atoms with E-state index in [1.807, 2.05) is 0 Å². The standard InChI is InChI=1S/2C23H21.C2H5.2ClH.Zr/c2*1-4-17-13-21-16(3)15(2)12-22(23(21)14-17)20-11-7-9-18-8-5-6-10-19(18)20;1-2;;;/h2*5-14H,4H2,1-3H3;1H2,2H3;2*1H;/q3*-1;;;+2/p-2. The first-order valence-electron chi connectivity index (χ1n) is 17.8. The van der Waals surface area contributed by atoms with Crippen molar-refractivity contribution in [2.45, 2.75) is 61.3 Å². The molecule has 0 N–H and O–H groups in total. The van der Waals surface area contributed by atoms with Crippen LogP contribution < -0.4 is 0 Å². The molecule has 0 radical (unpaired) electrons. The van der Waals surface area contributed by atoms with Gasteiger partial charge < -0.3 is 6.92 Å². The van der Waals surface area contributed by atoms with E-state index in [-0.39, 0.29) is 0 Å².